The van der Waals surface area contributed by atoms with Crippen LogP contribution in [0.1, 0.15) is 44.1 Å². The van der Waals surface area contributed by atoms with Crippen LogP contribution in [0.4, 0.5) is 5.82 Å². The number of aromatic nitrogens is 1. The largest absolute Gasteiger partial charge is 0.370 e. The van der Waals surface area contributed by atoms with E-state index in [2.05, 4.69) is 33.5 Å². The van der Waals surface area contributed by atoms with Crippen LogP contribution in [-0.4, -0.2) is 48.0 Å². The highest BCUT2D eigenvalue weighted by atomic mass is 16.1. The molecular weight excluding hydrogens is 300 g/mol. The fraction of sp³-hybridized carbons (Fsp3) is 0.684. The zero-order valence-electron chi connectivity index (χ0n) is 14.8. The molecule has 0 aromatic carbocycles. The summed E-state index contributed by atoms with van der Waals surface area (Å²) in [4.78, 5) is 18.8. The van der Waals surface area contributed by atoms with Gasteiger partial charge in [0.25, 0.3) is 0 Å². The molecule has 24 heavy (non-hydrogen) atoms. The van der Waals surface area contributed by atoms with Crippen molar-refractivity contribution < 1.29 is 4.79 Å². The van der Waals surface area contributed by atoms with Crippen molar-refractivity contribution in [3.05, 3.63) is 23.9 Å². The molecule has 0 spiro atoms. The average Bonchev–Trinajstić information content (AvgIpc) is 3.24. The van der Waals surface area contributed by atoms with Crippen LogP contribution in [0.3, 0.4) is 0 Å². The lowest BCUT2D eigenvalue weighted by Crippen LogP contribution is -2.35. The molecule has 0 bridgehead atoms. The van der Waals surface area contributed by atoms with E-state index in [9.17, 15) is 4.79 Å². The predicted molar refractivity (Wildman–Crippen MR) is 97.0 cm³/mol. The number of pyridine rings is 1. The minimum Gasteiger partial charge on any atom is -0.370 e. The lowest BCUT2D eigenvalue weighted by molar-refractivity contribution is -0.122. The van der Waals surface area contributed by atoms with E-state index >= 15 is 0 Å². The maximum atomic E-state index is 12.0. The van der Waals surface area contributed by atoms with Gasteiger partial charge in [0, 0.05) is 38.3 Å². The summed E-state index contributed by atoms with van der Waals surface area (Å²) in [5.74, 6) is 1.83. The van der Waals surface area contributed by atoms with E-state index in [0.29, 0.717) is 18.4 Å². The highest BCUT2D eigenvalue weighted by molar-refractivity contribution is 5.76. The topological polar surface area (TPSA) is 57.3 Å². The Morgan fingerprint density at radius 1 is 1.29 bits per heavy atom. The molecule has 1 aliphatic heterocycles. The summed E-state index contributed by atoms with van der Waals surface area (Å²) < 4.78 is 0. The van der Waals surface area contributed by atoms with Gasteiger partial charge in [0.2, 0.25) is 5.91 Å². The Kier molecular flexibility index (Phi) is 6.07. The van der Waals surface area contributed by atoms with E-state index < -0.39 is 0 Å². The van der Waals surface area contributed by atoms with E-state index in [1.807, 2.05) is 12.3 Å². The van der Waals surface area contributed by atoms with Crippen molar-refractivity contribution in [2.24, 2.45) is 5.92 Å². The minimum absolute atomic E-state index is 0.229. The maximum absolute atomic E-state index is 12.0. The van der Waals surface area contributed by atoms with E-state index in [4.69, 9.17) is 0 Å². The molecule has 1 aliphatic carbocycles. The minimum atomic E-state index is 0.229. The standard InChI is InChI=1S/C19H30N4O/c1-15-6-7-18(20-12-15)21-13-16-8-10-23(14-16)11-9-19(24)22-17-4-2-3-5-17/h6-7,12,16-17H,2-5,8-11,13-14H2,1H3,(H,20,21)(H,22,24). The first-order chi connectivity index (χ1) is 11.7. The quantitative estimate of drug-likeness (QED) is 0.807. The van der Waals surface area contributed by atoms with Gasteiger partial charge in [-0.25, -0.2) is 4.98 Å². The molecule has 1 aromatic rings. The van der Waals surface area contributed by atoms with Crippen molar-refractivity contribution in [1.29, 1.82) is 0 Å². The molecule has 2 N–H and O–H groups in total. The number of nitrogens with one attached hydrogen (secondary N) is 2. The molecule has 5 heteroatoms. The summed E-state index contributed by atoms with van der Waals surface area (Å²) in [5, 5.41) is 6.61. The summed E-state index contributed by atoms with van der Waals surface area (Å²) in [6.45, 7) is 6.08. The SMILES string of the molecule is Cc1ccc(NCC2CCN(CCC(=O)NC3CCCC3)C2)nc1. The van der Waals surface area contributed by atoms with Gasteiger partial charge in [-0.05, 0) is 50.3 Å². The zero-order valence-corrected chi connectivity index (χ0v) is 14.8. The number of aryl methyl sites for hydroxylation is 1. The monoisotopic (exact) mass is 330 g/mol. The molecule has 2 aliphatic rings. The first-order valence-electron chi connectivity index (χ1n) is 9.37. The Bertz CT molecular complexity index is 525. The van der Waals surface area contributed by atoms with Crippen LogP contribution in [0.5, 0.6) is 0 Å². The lowest BCUT2D eigenvalue weighted by Gasteiger charge is -2.17. The number of rotatable bonds is 7. The van der Waals surface area contributed by atoms with Crippen LogP contribution in [0.15, 0.2) is 18.3 Å². The first-order valence-corrected chi connectivity index (χ1v) is 9.37. The molecular formula is C19H30N4O. The summed E-state index contributed by atoms with van der Waals surface area (Å²) >= 11 is 0. The van der Waals surface area contributed by atoms with Crippen molar-refractivity contribution in [1.82, 2.24) is 15.2 Å². The fourth-order valence-electron chi connectivity index (χ4n) is 3.73. The van der Waals surface area contributed by atoms with Gasteiger partial charge in [-0.2, -0.15) is 0 Å². The Labute approximate surface area is 145 Å². The molecule has 1 atom stereocenters. The van der Waals surface area contributed by atoms with Crippen LogP contribution >= 0.6 is 0 Å². The van der Waals surface area contributed by atoms with Crippen LogP contribution in [0, 0.1) is 12.8 Å². The molecule has 1 amide bonds. The van der Waals surface area contributed by atoms with Gasteiger partial charge in [-0.1, -0.05) is 18.9 Å². The van der Waals surface area contributed by atoms with Crippen molar-refractivity contribution in [2.45, 2.75) is 51.5 Å². The fourth-order valence-corrected chi connectivity index (χ4v) is 3.73. The molecule has 0 radical (unpaired) electrons. The molecule has 3 rings (SSSR count). The summed E-state index contributed by atoms with van der Waals surface area (Å²) in [6.07, 6.45) is 8.58. The van der Waals surface area contributed by atoms with Gasteiger partial charge in [0.15, 0.2) is 0 Å². The Balaban J connectivity index is 1.31. The summed E-state index contributed by atoms with van der Waals surface area (Å²) in [6, 6.07) is 4.56. The summed E-state index contributed by atoms with van der Waals surface area (Å²) in [7, 11) is 0. The number of likely N-dealkylation sites (tertiary alicyclic amines) is 1. The normalized spacial score (nSPS) is 22.0. The average molecular weight is 330 g/mol. The number of nitrogens with zero attached hydrogens (tertiary/aromatic N) is 2. The Morgan fingerprint density at radius 2 is 2.12 bits per heavy atom. The Morgan fingerprint density at radius 3 is 2.88 bits per heavy atom. The number of amides is 1. The van der Waals surface area contributed by atoms with Crippen molar-refractivity contribution in [3.8, 4) is 0 Å². The van der Waals surface area contributed by atoms with Crippen molar-refractivity contribution >= 4 is 11.7 Å². The zero-order chi connectivity index (χ0) is 16.8. The molecule has 2 heterocycles. The van der Waals surface area contributed by atoms with Crippen molar-refractivity contribution in [2.75, 3.05) is 31.5 Å². The number of carbonyl (C=O) groups is 1. The highest BCUT2D eigenvalue weighted by Gasteiger charge is 2.23. The predicted octanol–water partition coefficient (Wildman–Crippen LogP) is 2.57. The molecule has 1 unspecified atom stereocenters. The molecule has 1 saturated heterocycles. The smallest absolute Gasteiger partial charge is 0.221 e. The van der Waals surface area contributed by atoms with E-state index in [-0.39, 0.29) is 5.91 Å². The van der Waals surface area contributed by atoms with Gasteiger partial charge in [0.1, 0.15) is 5.82 Å². The van der Waals surface area contributed by atoms with Crippen molar-refractivity contribution in [3.63, 3.8) is 0 Å². The summed E-state index contributed by atoms with van der Waals surface area (Å²) in [5.41, 5.74) is 1.18. The molecule has 1 saturated carbocycles. The first kappa shape index (κ1) is 17.2. The number of carbonyl (C=O) groups excluding carboxylic acids is 1. The van der Waals surface area contributed by atoms with E-state index in [1.165, 1.54) is 24.8 Å². The van der Waals surface area contributed by atoms with E-state index in [1.54, 1.807) is 0 Å². The second-order valence-electron chi connectivity index (χ2n) is 7.36. The van der Waals surface area contributed by atoms with Crippen LogP contribution in [-0.2, 0) is 4.79 Å². The third-order valence-corrected chi connectivity index (χ3v) is 5.23. The highest BCUT2D eigenvalue weighted by Crippen LogP contribution is 2.19. The third kappa shape index (κ3) is 5.20. The van der Waals surface area contributed by atoms with Crippen LogP contribution in [0.2, 0.25) is 0 Å². The van der Waals surface area contributed by atoms with E-state index in [0.717, 1.165) is 44.8 Å². The van der Waals surface area contributed by atoms with Gasteiger partial charge in [-0.15, -0.1) is 0 Å². The number of anilines is 1. The van der Waals surface area contributed by atoms with Gasteiger partial charge >= 0.3 is 0 Å². The second-order valence-corrected chi connectivity index (χ2v) is 7.36. The lowest BCUT2D eigenvalue weighted by atomic mass is 10.1. The molecule has 5 nitrogen and oxygen atoms in total. The third-order valence-electron chi connectivity index (χ3n) is 5.23. The number of hydrogen-bond acceptors (Lipinski definition) is 4. The molecule has 2 fully saturated rings. The van der Waals surface area contributed by atoms with Gasteiger partial charge < -0.3 is 15.5 Å². The van der Waals surface area contributed by atoms with Crippen LogP contribution in [0.25, 0.3) is 0 Å². The van der Waals surface area contributed by atoms with Gasteiger partial charge in [0.05, 0.1) is 0 Å². The van der Waals surface area contributed by atoms with Gasteiger partial charge in [-0.3, -0.25) is 4.79 Å². The van der Waals surface area contributed by atoms with Crippen LogP contribution < -0.4 is 10.6 Å². The maximum Gasteiger partial charge on any atom is 0.221 e. The Hall–Kier alpha value is -1.62. The molecule has 132 valence electrons. The number of hydrogen-bond donors (Lipinski definition) is 2. The molecule has 1 aromatic heterocycles. The second kappa shape index (κ2) is 8.47.